The van der Waals surface area contributed by atoms with E-state index in [0.29, 0.717) is 0 Å². The summed E-state index contributed by atoms with van der Waals surface area (Å²) in [6.07, 6.45) is 6.33. The zero-order chi connectivity index (χ0) is 16.4. The molecule has 0 N–H and O–H groups in total. The van der Waals surface area contributed by atoms with Gasteiger partial charge in [0, 0.05) is 31.4 Å². The summed E-state index contributed by atoms with van der Waals surface area (Å²) in [7, 11) is 4.11. The summed E-state index contributed by atoms with van der Waals surface area (Å²) in [5.41, 5.74) is 7.16. The van der Waals surface area contributed by atoms with Gasteiger partial charge in [-0.25, -0.2) is 0 Å². The molecule has 0 saturated heterocycles. The summed E-state index contributed by atoms with van der Waals surface area (Å²) in [5, 5.41) is 1.21. The van der Waals surface area contributed by atoms with Crippen LogP contribution in [0.5, 0.6) is 0 Å². The molecule has 0 atom stereocenters. The average molecular weight is 302 g/mol. The molecule has 0 saturated carbocycles. The van der Waals surface area contributed by atoms with E-state index in [2.05, 4.69) is 92.4 Å². The maximum Gasteiger partial charge on any atom is 0.0737 e. The Labute approximate surface area is 138 Å². The second kappa shape index (κ2) is 6.25. The molecule has 116 valence electrons. The summed E-state index contributed by atoms with van der Waals surface area (Å²) in [4.78, 5) is 6.70. The van der Waals surface area contributed by atoms with Crippen LogP contribution in [0, 0.1) is 13.8 Å². The molecule has 1 aromatic heterocycles. The van der Waals surface area contributed by atoms with Crippen LogP contribution in [0.4, 0.5) is 5.69 Å². The van der Waals surface area contributed by atoms with E-state index < -0.39 is 0 Å². The largest absolute Gasteiger partial charge is 0.378 e. The number of rotatable bonds is 3. The Morgan fingerprint density at radius 2 is 1.61 bits per heavy atom. The highest BCUT2D eigenvalue weighted by molar-refractivity contribution is 5.93. The quantitative estimate of drug-likeness (QED) is 0.670. The molecular weight excluding hydrogens is 280 g/mol. The van der Waals surface area contributed by atoms with Crippen molar-refractivity contribution in [1.82, 2.24) is 4.98 Å². The Balaban J connectivity index is 2.00. The lowest BCUT2D eigenvalue weighted by molar-refractivity contribution is 1.13. The van der Waals surface area contributed by atoms with Crippen LogP contribution in [-0.4, -0.2) is 19.1 Å². The lowest BCUT2D eigenvalue weighted by atomic mass is 10.0. The van der Waals surface area contributed by atoms with Crippen LogP contribution in [0.1, 0.15) is 22.3 Å². The van der Waals surface area contributed by atoms with Crippen molar-refractivity contribution >= 4 is 28.7 Å². The number of hydrogen-bond acceptors (Lipinski definition) is 2. The fourth-order valence-corrected chi connectivity index (χ4v) is 2.78. The van der Waals surface area contributed by atoms with Crippen molar-refractivity contribution in [2.45, 2.75) is 13.8 Å². The Morgan fingerprint density at radius 3 is 2.30 bits per heavy atom. The first-order valence-electron chi connectivity index (χ1n) is 7.86. The minimum Gasteiger partial charge on any atom is -0.378 e. The fourth-order valence-electron chi connectivity index (χ4n) is 2.78. The molecule has 2 nitrogen and oxygen atoms in total. The molecule has 0 unspecified atom stereocenters. The molecule has 1 heterocycles. The molecule has 23 heavy (non-hydrogen) atoms. The highest BCUT2D eigenvalue weighted by atomic mass is 15.1. The molecule has 2 aromatic carbocycles. The molecule has 0 amide bonds. The molecule has 3 rings (SSSR count). The monoisotopic (exact) mass is 302 g/mol. The molecule has 0 fully saturated rings. The third-order valence-corrected chi connectivity index (χ3v) is 4.19. The van der Waals surface area contributed by atoms with Crippen molar-refractivity contribution in [3.05, 3.63) is 70.9 Å². The van der Waals surface area contributed by atoms with Gasteiger partial charge in [-0.1, -0.05) is 42.5 Å². The van der Waals surface area contributed by atoms with Crippen LogP contribution >= 0.6 is 0 Å². The van der Waals surface area contributed by atoms with Gasteiger partial charge in [0.05, 0.1) is 5.52 Å². The van der Waals surface area contributed by atoms with E-state index in [4.69, 9.17) is 0 Å². The first kappa shape index (κ1) is 15.3. The van der Waals surface area contributed by atoms with Crippen molar-refractivity contribution in [2.24, 2.45) is 0 Å². The smallest absolute Gasteiger partial charge is 0.0737 e. The van der Waals surface area contributed by atoms with Crippen molar-refractivity contribution in [1.29, 1.82) is 0 Å². The number of hydrogen-bond donors (Lipinski definition) is 0. The fraction of sp³-hybridized carbons (Fsp3) is 0.190. The van der Waals surface area contributed by atoms with Crippen LogP contribution in [0.3, 0.4) is 0 Å². The topological polar surface area (TPSA) is 16.1 Å². The summed E-state index contributed by atoms with van der Waals surface area (Å²) in [6, 6.07) is 14.9. The van der Waals surface area contributed by atoms with E-state index in [9.17, 15) is 0 Å². The zero-order valence-corrected chi connectivity index (χ0v) is 14.2. The lowest BCUT2D eigenvalue weighted by Gasteiger charge is -2.12. The highest BCUT2D eigenvalue weighted by Crippen LogP contribution is 2.25. The van der Waals surface area contributed by atoms with Gasteiger partial charge < -0.3 is 4.90 Å². The Morgan fingerprint density at radius 1 is 0.870 bits per heavy atom. The van der Waals surface area contributed by atoms with Gasteiger partial charge in [-0.2, -0.15) is 0 Å². The number of benzene rings is 2. The Bertz CT molecular complexity index is 859. The predicted octanol–water partition coefficient (Wildman–Crippen LogP) is 5.09. The first-order valence-corrected chi connectivity index (χ1v) is 7.86. The normalized spacial score (nSPS) is 11.3. The van der Waals surface area contributed by atoms with Crippen molar-refractivity contribution in [2.75, 3.05) is 19.0 Å². The molecule has 0 spiro atoms. The van der Waals surface area contributed by atoms with Gasteiger partial charge in [-0.05, 0) is 48.2 Å². The maximum atomic E-state index is 4.59. The van der Waals surface area contributed by atoms with Crippen molar-refractivity contribution in [3.8, 4) is 0 Å². The van der Waals surface area contributed by atoms with E-state index in [1.165, 1.54) is 33.3 Å². The van der Waals surface area contributed by atoms with Crippen LogP contribution < -0.4 is 4.90 Å². The van der Waals surface area contributed by atoms with Gasteiger partial charge in [0.15, 0.2) is 0 Å². The summed E-state index contributed by atoms with van der Waals surface area (Å²) in [5.74, 6) is 0. The number of fused-ring (bicyclic) bond motifs is 1. The number of aryl methyl sites for hydroxylation is 2. The van der Waals surface area contributed by atoms with Crippen LogP contribution in [-0.2, 0) is 0 Å². The second-order valence-corrected chi connectivity index (χ2v) is 6.15. The number of aromatic nitrogens is 1. The Kier molecular flexibility index (Phi) is 4.16. The van der Waals surface area contributed by atoms with Gasteiger partial charge in [-0.3, -0.25) is 4.98 Å². The molecule has 0 aliphatic heterocycles. The molecule has 0 aliphatic carbocycles. The minimum atomic E-state index is 1.08. The molecule has 2 heteroatoms. The first-order chi connectivity index (χ1) is 11.1. The van der Waals surface area contributed by atoms with E-state index in [1.807, 2.05) is 6.20 Å². The highest BCUT2D eigenvalue weighted by Gasteiger charge is 2.05. The Hall–Kier alpha value is -2.61. The van der Waals surface area contributed by atoms with Crippen LogP contribution in [0.2, 0.25) is 0 Å². The molecule has 0 radical (unpaired) electrons. The van der Waals surface area contributed by atoms with Crippen molar-refractivity contribution < 1.29 is 0 Å². The number of pyridine rings is 1. The van der Waals surface area contributed by atoms with E-state index in [1.54, 1.807) is 0 Å². The van der Waals surface area contributed by atoms with Gasteiger partial charge in [0.1, 0.15) is 0 Å². The lowest BCUT2D eigenvalue weighted by Crippen LogP contribution is -2.07. The van der Waals surface area contributed by atoms with E-state index in [-0.39, 0.29) is 0 Å². The number of para-hydroxylation sites is 1. The van der Waals surface area contributed by atoms with Crippen LogP contribution in [0.25, 0.3) is 23.1 Å². The van der Waals surface area contributed by atoms with Gasteiger partial charge in [-0.15, -0.1) is 0 Å². The van der Waals surface area contributed by atoms with Gasteiger partial charge in [0.25, 0.3) is 0 Å². The van der Waals surface area contributed by atoms with Gasteiger partial charge >= 0.3 is 0 Å². The third kappa shape index (κ3) is 3.11. The van der Waals surface area contributed by atoms with E-state index in [0.717, 1.165) is 5.52 Å². The predicted molar refractivity (Wildman–Crippen MR) is 101 cm³/mol. The third-order valence-electron chi connectivity index (χ3n) is 4.19. The number of nitrogens with zero attached hydrogens (tertiary/aromatic N) is 2. The average Bonchev–Trinajstić information content (AvgIpc) is 2.54. The summed E-state index contributed by atoms with van der Waals surface area (Å²) < 4.78 is 0. The number of anilines is 1. The van der Waals surface area contributed by atoms with Crippen LogP contribution in [0.15, 0.2) is 48.7 Å². The van der Waals surface area contributed by atoms with Gasteiger partial charge in [0.2, 0.25) is 0 Å². The standard InChI is InChI=1S/C21H22N2/c1-15-6-5-7-20-19(16(2)14-22-21(15)20)13-10-17-8-11-18(12-9-17)23(3)4/h5-14H,1-4H3. The van der Waals surface area contributed by atoms with E-state index >= 15 is 0 Å². The molecule has 0 bridgehead atoms. The minimum absolute atomic E-state index is 1.08. The summed E-state index contributed by atoms with van der Waals surface area (Å²) in [6.45, 7) is 4.22. The second-order valence-electron chi connectivity index (χ2n) is 6.15. The summed E-state index contributed by atoms with van der Waals surface area (Å²) >= 11 is 0. The SMILES string of the molecule is Cc1cnc2c(C)cccc2c1C=Cc1ccc(N(C)C)cc1. The zero-order valence-electron chi connectivity index (χ0n) is 14.2. The molecular formula is C21H22N2. The molecule has 3 aromatic rings. The maximum absolute atomic E-state index is 4.59. The van der Waals surface area contributed by atoms with Crippen molar-refractivity contribution in [3.63, 3.8) is 0 Å². The molecule has 0 aliphatic rings.